The zero-order valence-corrected chi connectivity index (χ0v) is 18.1. The van der Waals surface area contributed by atoms with E-state index in [9.17, 15) is 0 Å². The molecule has 0 aliphatic carbocycles. The maximum absolute atomic E-state index is 5.73. The Kier molecular flexibility index (Phi) is 11.2. The molecule has 0 saturated heterocycles. The van der Waals surface area contributed by atoms with Crippen LogP contribution < -0.4 is 20.1 Å². The topological polar surface area (TPSA) is 73.3 Å². The maximum atomic E-state index is 5.73. The average molecular weight is 416 g/mol. The number of aliphatic imine (C=N–C) groups is 1. The van der Waals surface area contributed by atoms with Crippen molar-refractivity contribution in [2.24, 2.45) is 4.99 Å². The number of methoxy groups -OCH3 is 2. The van der Waals surface area contributed by atoms with Crippen molar-refractivity contribution in [3.8, 4) is 11.5 Å². The van der Waals surface area contributed by atoms with E-state index >= 15 is 0 Å². The Morgan fingerprint density at radius 2 is 1.77 bits per heavy atom. The molecule has 0 aromatic heterocycles. The maximum Gasteiger partial charge on any atom is 0.195 e. The fraction of sp³-hybridized carbons (Fsp3) is 0.435. The molecule has 2 aromatic rings. The van der Waals surface area contributed by atoms with Crippen LogP contribution in [0.3, 0.4) is 0 Å². The van der Waals surface area contributed by atoms with Crippen LogP contribution in [0.2, 0.25) is 0 Å². The van der Waals surface area contributed by atoms with Crippen LogP contribution in [-0.4, -0.2) is 53.6 Å². The first-order valence-corrected chi connectivity index (χ1v) is 10.2. The molecule has 0 radical (unpaired) electrons. The molecule has 2 N–H and O–H groups in total. The lowest BCUT2D eigenvalue weighted by atomic mass is 10.2. The molecular formula is C23H33N3O4. The largest absolute Gasteiger partial charge is 0.497 e. The molecule has 2 aromatic carbocycles. The lowest BCUT2D eigenvalue weighted by Crippen LogP contribution is -2.31. The van der Waals surface area contributed by atoms with Gasteiger partial charge in [-0.25, -0.2) is 0 Å². The van der Waals surface area contributed by atoms with E-state index in [0.29, 0.717) is 32.4 Å². The number of hydrogen-bond donors (Lipinski definition) is 2. The Hall–Kier alpha value is -2.77. The minimum atomic E-state index is 0.591. The molecule has 0 saturated carbocycles. The van der Waals surface area contributed by atoms with Gasteiger partial charge in [0.1, 0.15) is 11.5 Å². The van der Waals surface area contributed by atoms with E-state index in [1.165, 1.54) is 0 Å². The third kappa shape index (κ3) is 9.15. The summed E-state index contributed by atoms with van der Waals surface area (Å²) in [4.78, 5) is 4.27. The van der Waals surface area contributed by atoms with Gasteiger partial charge in [0.2, 0.25) is 0 Å². The molecule has 0 unspecified atom stereocenters. The molecule has 0 fully saturated rings. The van der Waals surface area contributed by atoms with E-state index in [-0.39, 0.29) is 0 Å². The second-order valence-corrected chi connectivity index (χ2v) is 6.60. The fourth-order valence-electron chi connectivity index (χ4n) is 2.67. The molecule has 0 amide bonds. The number of rotatable bonds is 13. The highest BCUT2D eigenvalue weighted by atomic mass is 16.5. The van der Waals surface area contributed by atoms with E-state index in [2.05, 4.69) is 15.6 Å². The van der Waals surface area contributed by atoms with Crippen LogP contribution in [-0.2, 0) is 16.1 Å². The summed E-state index contributed by atoms with van der Waals surface area (Å²) in [6, 6.07) is 15.7. The van der Waals surface area contributed by atoms with E-state index in [1.54, 1.807) is 21.3 Å². The fourth-order valence-corrected chi connectivity index (χ4v) is 2.67. The molecule has 2 rings (SSSR count). The molecule has 0 bridgehead atoms. The minimum absolute atomic E-state index is 0.591. The van der Waals surface area contributed by atoms with Gasteiger partial charge in [0.25, 0.3) is 0 Å². The van der Waals surface area contributed by atoms with Crippen molar-refractivity contribution in [2.75, 3.05) is 52.9 Å². The van der Waals surface area contributed by atoms with Gasteiger partial charge in [-0.2, -0.15) is 0 Å². The van der Waals surface area contributed by atoms with Crippen LogP contribution >= 0.6 is 0 Å². The van der Waals surface area contributed by atoms with Gasteiger partial charge in [-0.15, -0.1) is 0 Å². The molecule has 7 heteroatoms. The number of nitrogens with one attached hydrogen (secondary N) is 2. The van der Waals surface area contributed by atoms with Crippen molar-refractivity contribution >= 4 is 11.6 Å². The molecule has 0 atom stereocenters. The number of hydrogen-bond acceptors (Lipinski definition) is 5. The van der Waals surface area contributed by atoms with Gasteiger partial charge < -0.3 is 29.6 Å². The van der Waals surface area contributed by atoms with E-state index < -0.39 is 0 Å². The Bertz CT molecular complexity index is 750. The summed E-state index contributed by atoms with van der Waals surface area (Å²) in [7, 11) is 5.10. The third-order valence-electron chi connectivity index (χ3n) is 4.27. The van der Waals surface area contributed by atoms with Crippen LogP contribution in [0.1, 0.15) is 18.4 Å². The predicted octanol–water partition coefficient (Wildman–Crippen LogP) is 3.70. The van der Waals surface area contributed by atoms with Gasteiger partial charge in [0.15, 0.2) is 5.96 Å². The van der Waals surface area contributed by atoms with Crippen molar-refractivity contribution in [2.45, 2.75) is 19.4 Å². The number of guanidine groups is 1. The second kappa shape index (κ2) is 14.3. The normalized spacial score (nSPS) is 11.2. The summed E-state index contributed by atoms with van der Waals surface area (Å²) < 4.78 is 21.7. The van der Waals surface area contributed by atoms with Gasteiger partial charge in [-0.3, -0.25) is 4.99 Å². The zero-order chi connectivity index (χ0) is 21.4. The lowest BCUT2D eigenvalue weighted by Gasteiger charge is -2.13. The molecular weight excluding hydrogens is 382 g/mol. The highest BCUT2D eigenvalue weighted by Gasteiger charge is 2.02. The Labute approximate surface area is 179 Å². The zero-order valence-electron chi connectivity index (χ0n) is 18.1. The molecule has 0 aliphatic rings. The van der Waals surface area contributed by atoms with Crippen molar-refractivity contribution in [3.05, 3.63) is 54.1 Å². The predicted molar refractivity (Wildman–Crippen MR) is 121 cm³/mol. The summed E-state index contributed by atoms with van der Waals surface area (Å²) in [6.45, 7) is 3.34. The van der Waals surface area contributed by atoms with Gasteiger partial charge >= 0.3 is 0 Å². The van der Waals surface area contributed by atoms with Crippen LogP contribution in [0.15, 0.2) is 53.5 Å². The molecule has 0 heterocycles. The summed E-state index contributed by atoms with van der Waals surface area (Å²) in [5, 5.41) is 6.58. The van der Waals surface area contributed by atoms with Gasteiger partial charge in [-0.05, 0) is 36.2 Å². The van der Waals surface area contributed by atoms with Crippen molar-refractivity contribution in [3.63, 3.8) is 0 Å². The minimum Gasteiger partial charge on any atom is -0.497 e. The third-order valence-corrected chi connectivity index (χ3v) is 4.27. The van der Waals surface area contributed by atoms with Gasteiger partial charge in [0.05, 0.1) is 20.3 Å². The molecule has 30 heavy (non-hydrogen) atoms. The molecule has 7 nitrogen and oxygen atoms in total. The second-order valence-electron chi connectivity index (χ2n) is 6.60. The van der Waals surface area contributed by atoms with Crippen molar-refractivity contribution in [1.29, 1.82) is 0 Å². The molecule has 0 aliphatic heterocycles. The summed E-state index contributed by atoms with van der Waals surface area (Å²) in [5.74, 6) is 2.38. The summed E-state index contributed by atoms with van der Waals surface area (Å²) >= 11 is 0. The monoisotopic (exact) mass is 415 g/mol. The first-order chi connectivity index (χ1) is 14.7. The first-order valence-electron chi connectivity index (χ1n) is 10.2. The highest BCUT2D eigenvalue weighted by Crippen LogP contribution is 2.17. The Morgan fingerprint density at radius 1 is 0.933 bits per heavy atom. The quantitative estimate of drug-likeness (QED) is 0.295. The van der Waals surface area contributed by atoms with Gasteiger partial charge in [-0.1, -0.05) is 18.2 Å². The van der Waals surface area contributed by atoms with E-state index in [0.717, 1.165) is 42.1 Å². The SMILES string of the molecule is CN=C(NCCCOCc1ccc(OC)cc1)Nc1cccc(OCCCOC)c1. The van der Waals surface area contributed by atoms with Crippen molar-refractivity contribution in [1.82, 2.24) is 5.32 Å². The number of benzene rings is 2. The Morgan fingerprint density at radius 3 is 2.50 bits per heavy atom. The van der Waals surface area contributed by atoms with Crippen molar-refractivity contribution < 1.29 is 18.9 Å². The number of nitrogens with zero attached hydrogens (tertiary/aromatic N) is 1. The van der Waals surface area contributed by atoms with Crippen LogP contribution in [0.25, 0.3) is 0 Å². The van der Waals surface area contributed by atoms with E-state index in [4.69, 9.17) is 18.9 Å². The Balaban J connectivity index is 1.64. The molecule has 0 spiro atoms. The van der Waals surface area contributed by atoms with E-state index in [1.807, 2.05) is 48.5 Å². The van der Waals surface area contributed by atoms with Crippen LogP contribution in [0, 0.1) is 0 Å². The number of ether oxygens (including phenoxy) is 4. The standard InChI is InChI=1S/C23H33N3O4/c1-24-23(26-20-7-4-8-22(17-20)30-16-6-14-27-2)25-13-5-15-29-18-19-9-11-21(28-3)12-10-19/h4,7-12,17H,5-6,13-16,18H2,1-3H3,(H2,24,25,26). The lowest BCUT2D eigenvalue weighted by molar-refractivity contribution is 0.119. The summed E-state index contributed by atoms with van der Waals surface area (Å²) in [5.41, 5.74) is 2.05. The van der Waals surface area contributed by atoms with Crippen LogP contribution in [0.5, 0.6) is 11.5 Å². The summed E-state index contributed by atoms with van der Waals surface area (Å²) in [6.07, 6.45) is 1.73. The molecule has 164 valence electrons. The smallest absolute Gasteiger partial charge is 0.195 e. The average Bonchev–Trinajstić information content (AvgIpc) is 2.79. The highest BCUT2D eigenvalue weighted by molar-refractivity contribution is 5.93. The number of anilines is 1. The van der Waals surface area contributed by atoms with Crippen LogP contribution in [0.4, 0.5) is 5.69 Å². The first kappa shape index (κ1) is 23.5. The van der Waals surface area contributed by atoms with Gasteiger partial charge in [0, 0.05) is 52.1 Å².